The van der Waals surface area contributed by atoms with Gasteiger partial charge in [-0.1, -0.05) is 0 Å². The van der Waals surface area contributed by atoms with Crippen molar-refractivity contribution in [3.05, 3.63) is 24.3 Å². The standard InChI is InChI=1S/C12H20N4O3S/c1-16-6-7-19-11(9-16)8-14-20(17,18)12-4-2-10(15-13)3-5-12/h2-5,11,14-15H,6-9,13H2,1H3. The Bertz CT molecular complexity index is 532. The molecule has 0 aromatic heterocycles. The highest BCUT2D eigenvalue weighted by Crippen LogP contribution is 2.13. The van der Waals surface area contributed by atoms with E-state index in [1.165, 1.54) is 12.1 Å². The van der Waals surface area contributed by atoms with Crippen molar-refractivity contribution in [2.24, 2.45) is 5.84 Å². The number of hydrogen-bond acceptors (Lipinski definition) is 6. The molecule has 1 aliphatic rings. The fraction of sp³-hybridized carbons (Fsp3) is 0.500. The van der Waals surface area contributed by atoms with Gasteiger partial charge >= 0.3 is 0 Å². The molecule has 1 aliphatic heterocycles. The number of anilines is 1. The van der Waals surface area contributed by atoms with Crippen molar-refractivity contribution < 1.29 is 13.2 Å². The molecule has 0 amide bonds. The lowest BCUT2D eigenvalue weighted by Gasteiger charge is -2.30. The largest absolute Gasteiger partial charge is 0.374 e. The normalized spacial score (nSPS) is 20.8. The molecule has 112 valence electrons. The summed E-state index contributed by atoms with van der Waals surface area (Å²) in [5.74, 6) is 5.24. The molecule has 0 bridgehead atoms. The topological polar surface area (TPSA) is 96.7 Å². The van der Waals surface area contributed by atoms with Crippen molar-refractivity contribution in [2.45, 2.75) is 11.0 Å². The Labute approximate surface area is 119 Å². The van der Waals surface area contributed by atoms with E-state index in [1.807, 2.05) is 7.05 Å². The fourth-order valence-electron chi connectivity index (χ4n) is 2.01. The van der Waals surface area contributed by atoms with Gasteiger partial charge in [0.25, 0.3) is 0 Å². The van der Waals surface area contributed by atoms with E-state index in [0.29, 0.717) is 12.3 Å². The third-order valence-corrected chi connectivity index (χ3v) is 4.61. The maximum absolute atomic E-state index is 12.1. The van der Waals surface area contributed by atoms with Crippen LogP contribution in [0.3, 0.4) is 0 Å². The SMILES string of the molecule is CN1CCOC(CNS(=O)(=O)c2ccc(NN)cc2)C1. The molecule has 7 nitrogen and oxygen atoms in total. The average Bonchev–Trinajstić information content (AvgIpc) is 2.45. The number of morpholine rings is 1. The number of likely N-dealkylation sites (N-methyl/N-ethyl adjacent to an activating group) is 1. The molecule has 8 heteroatoms. The minimum absolute atomic E-state index is 0.117. The molecule has 1 heterocycles. The van der Waals surface area contributed by atoms with Crippen LogP contribution in [0, 0.1) is 0 Å². The third-order valence-electron chi connectivity index (χ3n) is 3.17. The first-order valence-electron chi connectivity index (χ1n) is 6.38. The summed E-state index contributed by atoms with van der Waals surface area (Å²) in [5.41, 5.74) is 3.11. The molecule has 2 rings (SSSR count). The molecule has 1 fully saturated rings. The van der Waals surface area contributed by atoms with Gasteiger partial charge in [0.2, 0.25) is 10.0 Å². The van der Waals surface area contributed by atoms with Gasteiger partial charge in [-0.25, -0.2) is 13.1 Å². The predicted octanol–water partition coefficient (Wildman–Crippen LogP) is -0.419. The Balaban J connectivity index is 1.96. The Morgan fingerprint density at radius 3 is 2.70 bits per heavy atom. The highest BCUT2D eigenvalue weighted by molar-refractivity contribution is 7.89. The smallest absolute Gasteiger partial charge is 0.240 e. The van der Waals surface area contributed by atoms with E-state index >= 15 is 0 Å². The van der Waals surface area contributed by atoms with Crippen LogP contribution in [0.5, 0.6) is 0 Å². The fourth-order valence-corrected chi connectivity index (χ4v) is 3.07. The lowest BCUT2D eigenvalue weighted by Crippen LogP contribution is -2.45. The molecule has 0 aliphatic carbocycles. The Hall–Kier alpha value is -1.19. The van der Waals surface area contributed by atoms with Crippen LogP contribution >= 0.6 is 0 Å². The first-order valence-corrected chi connectivity index (χ1v) is 7.86. The van der Waals surface area contributed by atoms with E-state index in [9.17, 15) is 8.42 Å². The Morgan fingerprint density at radius 2 is 2.10 bits per heavy atom. The van der Waals surface area contributed by atoms with Crippen LogP contribution in [0.25, 0.3) is 0 Å². The summed E-state index contributed by atoms with van der Waals surface area (Å²) >= 11 is 0. The van der Waals surface area contributed by atoms with Crippen LogP contribution in [-0.2, 0) is 14.8 Å². The summed E-state index contributed by atoms with van der Waals surface area (Å²) in [6.45, 7) is 2.48. The number of sulfonamides is 1. The molecule has 1 aromatic rings. The number of ether oxygens (including phenoxy) is 1. The molecular weight excluding hydrogens is 280 g/mol. The van der Waals surface area contributed by atoms with Crippen LogP contribution in [0.1, 0.15) is 0 Å². The van der Waals surface area contributed by atoms with Crippen molar-refractivity contribution >= 4 is 15.7 Å². The van der Waals surface area contributed by atoms with Crippen LogP contribution in [0.2, 0.25) is 0 Å². The summed E-state index contributed by atoms with van der Waals surface area (Å²) in [6.07, 6.45) is -0.117. The molecule has 4 N–H and O–H groups in total. The number of benzene rings is 1. The van der Waals surface area contributed by atoms with Gasteiger partial charge in [0.1, 0.15) is 0 Å². The molecule has 0 radical (unpaired) electrons. The molecular formula is C12H20N4O3S. The summed E-state index contributed by atoms with van der Waals surface area (Å²) in [4.78, 5) is 2.32. The zero-order chi connectivity index (χ0) is 14.6. The summed E-state index contributed by atoms with van der Waals surface area (Å²) in [6, 6.07) is 6.23. The quantitative estimate of drug-likeness (QED) is 0.505. The predicted molar refractivity (Wildman–Crippen MR) is 76.7 cm³/mol. The first-order chi connectivity index (χ1) is 9.51. The van der Waals surface area contributed by atoms with Gasteiger partial charge < -0.3 is 15.1 Å². The second-order valence-corrected chi connectivity index (χ2v) is 6.54. The monoisotopic (exact) mass is 300 g/mol. The van der Waals surface area contributed by atoms with Crippen molar-refractivity contribution in [3.63, 3.8) is 0 Å². The maximum Gasteiger partial charge on any atom is 0.240 e. The number of hydrogen-bond donors (Lipinski definition) is 3. The lowest BCUT2D eigenvalue weighted by atomic mass is 10.3. The molecule has 1 aromatic carbocycles. The van der Waals surface area contributed by atoms with E-state index in [0.717, 1.165) is 13.1 Å². The molecule has 20 heavy (non-hydrogen) atoms. The van der Waals surface area contributed by atoms with Gasteiger partial charge in [-0.2, -0.15) is 0 Å². The summed E-state index contributed by atoms with van der Waals surface area (Å²) < 4.78 is 32.3. The van der Waals surface area contributed by atoms with Gasteiger partial charge in [0, 0.05) is 25.3 Å². The molecule has 1 atom stereocenters. The molecule has 1 saturated heterocycles. The number of nitrogens with two attached hydrogens (primary N) is 1. The van der Waals surface area contributed by atoms with Crippen LogP contribution in [0.15, 0.2) is 29.2 Å². The van der Waals surface area contributed by atoms with E-state index < -0.39 is 10.0 Å². The van der Waals surface area contributed by atoms with Gasteiger partial charge in [0.15, 0.2) is 0 Å². The number of nitrogen functional groups attached to an aromatic ring is 1. The van der Waals surface area contributed by atoms with Gasteiger partial charge in [-0.3, -0.25) is 5.84 Å². The van der Waals surface area contributed by atoms with Crippen LogP contribution < -0.4 is 16.0 Å². The highest BCUT2D eigenvalue weighted by atomic mass is 32.2. The molecule has 1 unspecified atom stereocenters. The number of rotatable bonds is 5. The first kappa shape index (κ1) is 15.2. The van der Waals surface area contributed by atoms with Gasteiger partial charge in [-0.05, 0) is 31.3 Å². The van der Waals surface area contributed by atoms with Gasteiger partial charge in [0.05, 0.1) is 17.6 Å². The van der Waals surface area contributed by atoms with Crippen LogP contribution in [-0.4, -0.2) is 52.7 Å². The number of hydrazine groups is 1. The lowest BCUT2D eigenvalue weighted by molar-refractivity contribution is -0.0156. The second-order valence-electron chi connectivity index (χ2n) is 4.78. The van der Waals surface area contributed by atoms with Crippen molar-refractivity contribution in [1.82, 2.24) is 9.62 Å². The van der Waals surface area contributed by atoms with E-state index in [4.69, 9.17) is 10.6 Å². The second kappa shape index (κ2) is 6.51. The molecule has 0 saturated carbocycles. The summed E-state index contributed by atoms with van der Waals surface area (Å²) in [7, 11) is -1.53. The van der Waals surface area contributed by atoms with Crippen molar-refractivity contribution in [1.29, 1.82) is 0 Å². The van der Waals surface area contributed by atoms with Crippen molar-refractivity contribution in [2.75, 3.05) is 38.7 Å². The maximum atomic E-state index is 12.1. The highest BCUT2D eigenvalue weighted by Gasteiger charge is 2.21. The third kappa shape index (κ3) is 3.90. The van der Waals surface area contributed by atoms with E-state index in [-0.39, 0.29) is 17.5 Å². The average molecular weight is 300 g/mol. The zero-order valence-electron chi connectivity index (χ0n) is 11.4. The summed E-state index contributed by atoms with van der Waals surface area (Å²) in [5, 5.41) is 0. The number of nitrogens with zero attached hydrogens (tertiary/aromatic N) is 1. The van der Waals surface area contributed by atoms with E-state index in [2.05, 4.69) is 15.0 Å². The number of nitrogens with one attached hydrogen (secondary N) is 2. The van der Waals surface area contributed by atoms with E-state index in [1.54, 1.807) is 12.1 Å². The zero-order valence-corrected chi connectivity index (χ0v) is 12.2. The van der Waals surface area contributed by atoms with Crippen LogP contribution in [0.4, 0.5) is 5.69 Å². The minimum Gasteiger partial charge on any atom is -0.374 e. The van der Waals surface area contributed by atoms with Gasteiger partial charge in [-0.15, -0.1) is 0 Å². The Morgan fingerprint density at radius 1 is 1.40 bits per heavy atom. The molecule has 0 spiro atoms. The van der Waals surface area contributed by atoms with Crippen molar-refractivity contribution in [3.8, 4) is 0 Å². The Kier molecular flexibility index (Phi) is 4.95. The minimum atomic E-state index is -3.52.